The second-order valence-electron chi connectivity index (χ2n) is 8.34. The molecule has 0 aliphatic carbocycles. The zero-order valence-corrected chi connectivity index (χ0v) is 15.0. The SMILES string of the molecule is C=C(C)C1(O)OC2CC3(C)OC(=CC3=O)C(C)CC3OC(=O)C1(C)C32. The summed E-state index contributed by atoms with van der Waals surface area (Å²) >= 11 is 0. The number of rotatable bonds is 1. The van der Waals surface area contributed by atoms with E-state index in [9.17, 15) is 14.7 Å². The van der Waals surface area contributed by atoms with Crippen molar-refractivity contribution >= 4 is 11.8 Å². The minimum Gasteiger partial charge on any atom is -0.483 e. The maximum absolute atomic E-state index is 12.8. The van der Waals surface area contributed by atoms with Crippen molar-refractivity contribution in [3.05, 3.63) is 24.0 Å². The number of carbonyl (C=O) groups is 2. The first-order valence-corrected chi connectivity index (χ1v) is 8.75. The number of carbonyl (C=O) groups excluding carboxylic acids is 2. The highest BCUT2D eigenvalue weighted by molar-refractivity contribution is 5.99. The molecule has 3 saturated heterocycles. The standard InChI is InChI=1S/C19H24O6/c1-9(2)19(22)18(5)15-12(23-16(18)21)6-10(3)11-7-14(20)17(4,24-11)8-13(15)25-19/h7,10,12-13,15,22H,1,6,8H2,2-5H3. The highest BCUT2D eigenvalue weighted by atomic mass is 16.7. The molecule has 0 spiro atoms. The summed E-state index contributed by atoms with van der Waals surface area (Å²) in [5.41, 5.74) is -1.94. The molecule has 0 radical (unpaired) electrons. The average Bonchev–Trinajstić information content (AvgIpc) is 3.03. The predicted molar refractivity (Wildman–Crippen MR) is 87.1 cm³/mol. The Morgan fingerprint density at radius 3 is 2.64 bits per heavy atom. The lowest BCUT2D eigenvalue weighted by atomic mass is 9.67. The molecule has 4 aliphatic rings. The molecule has 3 fully saturated rings. The Morgan fingerprint density at radius 1 is 1.32 bits per heavy atom. The van der Waals surface area contributed by atoms with Gasteiger partial charge in [0.2, 0.25) is 11.6 Å². The quantitative estimate of drug-likeness (QED) is 0.575. The lowest BCUT2D eigenvalue weighted by molar-refractivity contribution is -0.220. The first kappa shape index (κ1) is 16.8. The van der Waals surface area contributed by atoms with Gasteiger partial charge in [-0.1, -0.05) is 13.5 Å². The van der Waals surface area contributed by atoms with Crippen LogP contribution < -0.4 is 0 Å². The van der Waals surface area contributed by atoms with Gasteiger partial charge < -0.3 is 19.3 Å². The molecule has 4 heterocycles. The van der Waals surface area contributed by atoms with E-state index in [1.54, 1.807) is 26.8 Å². The molecule has 0 aromatic carbocycles. The predicted octanol–water partition coefficient (Wildman–Crippen LogP) is 1.87. The van der Waals surface area contributed by atoms with Gasteiger partial charge in [0.1, 0.15) is 17.3 Å². The molecule has 0 aromatic heterocycles. The van der Waals surface area contributed by atoms with E-state index in [2.05, 4.69) is 6.58 Å². The Labute approximate surface area is 146 Å². The first-order chi connectivity index (χ1) is 11.5. The van der Waals surface area contributed by atoms with Crippen molar-refractivity contribution in [3.8, 4) is 0 Å². The van der Waals surface area contributed by atoms with Gasteiger partial charge in [-0.05, 0) is 32.8 Å². The van der Waals surface area contributed by atoms with Crippen molar-refractivity contribution in [1.29, 1.82) is 0 Å². The summed E-state index contributed by atoms with van der Waals surface area (Å²) in [5.74, 6) is -2.19. The summed E-state index contributed by atoms with van der Waals surface area (Å²) in [6.07, 6.45) is 1.37. The van der Waals surface area contributed by atoms with E-state index in [0.29, 0.717) is 17.8 Å². The highest BCUT2D eigenvalue weighted by Crippen LogP contribution is 2.61. The maximum Gasteiger partial charge on any atom is 0.318 e. The number of aliphatic hydroxyl groups is 1. The fourth-order valence-electron chi connectivity index (χ4n) is 4.99. The largest absolute Gasteiger partial charge is 0.483 e. The van der Waals surface area contributed by atoms with Gasteiger partial charge in [0, 0.05) is 24.3 Å². The van der Waals surface area contributed by atoms with Gasteiger partial charge in [0.25, 0.3) is 0 Å². The normalized spacial score (nSPS) is 51.0. The van der Waals surface area contributed by atoms with Gasteiger partial charge in [-0.15, -0.1) is 0 Å². The van der Waals surface area contributed by atoms with Crippen LogP contribution in [0.25, 0.3) is 0 Å². The van der Waals surface area contributed by atoms with Crippen molar-refractivity contribution in [1.82, 2.24) is 0 Å². The van der Waals surface area contributed by atoms with E-state index in [1.807, 2.05) is 6.92 Å². The monoisotopic (exact) mass is 348 g/mol. The van der Waals surface area contributed by atoms with Crippen molar-refractivity contribution in [3.63, 3.8) is 0 Å². The number of hydrogen-bond acceptors (Lipinski definition) is 6. The Balaban J connectivity index is 1.85. The minimum atomic E-state index is -1.81. The number of hydrogen-bond donors (Lipinski definition) is 1. The van der Waals surface area contributed by atoms with Gasteiger partial charge in [-0.25, -0.2) is 0 Å². The summed E-state index contributed by atoms with van der Waals surface area (Å²) in [6.45, 7) is 10.8. The van der Waals surface area contributed by atoms with E-state index in [-0.39, 0.29) is 24.0 Å². The van der Waals surface area contributed by atoms with Crippen LogP contribution in [0.4, 0.5) is 0 Å². The van der Waals surface area contributed by atoms with Gasteiger partial charge >= 0.3 is 5.97 Å². The molecule has 7 unspecified atom stereocenters. The second kappa shape index (κ2) is 4.74. The van der Waals surface area contributed by atoms with Crippen LogP contribution in [-0.2, 0) is 23.8 Å². The molecule has 4 aliphatic heterocycles. The van der Waals surface area contributed by atoms with Crippen LogP contribution >= 0.6 is 0 Å². The van der Waals surface area contributed by atoms with Crippen LogP contribution in [0.15, 0.2) is 24.0 Å². The molecule has 0 saturated carbocycles. The molecule has 25 heavy (non-hydrogen) atoms. The number of ketones is 1. The molecule has 1 N–H and O–H groups in total. The fraction of sp³-hybridized carbons (Fsp3) is 0.684. The maximum atomic E-state index is 12.8. The van der Waals surface area contributed by atoms with Gasteiger partial charge in [-0.3, -0.25) is 9.59 Å². The zero-order chi connectivity index (χ0) is 18.4. The lowest BCUT2D eigenvalue weighted by Gasteiger charge is -2.34. The van der Waals surface area contributed by atoms with Crippen molar-refractivity contribution in [2.24, 2.45) is 17.3 Å². The Morgan fingerprint density at radius 2 is 2.00 bits per heavy atom. The molecule has 6 nitrogen and oxygen atoms in total. The lowest BCUT2D eigenvalue weighted by Crippen LogP contribution is -2.49. The molecule has 2 bridgehead atoms. The number of allylic oxidation sites excluding steroid dienone is 1. The summed E-state index contributed by atoms with van der Waals surface area (Å²) < 4.78 is 17.7. The summed E-state index contributed by atoms with van der Waals surface area (Å²) in [4.78, 5) is 25.3. The van der Waals surface area contributed by atoms with Crippen LogP contribution in [-0.4, -0.2) is 40.5 Å². The van der Waals surface area contributed by atoms with Crippen molar-refractivity contribution in [2.45, 2.75) is 64.1 Å². The Kier molecular flexibility index (Phi) is 3.18. The molecule has 0 aromatic rings. The van der Waals surface area contributed by atoms with Crippen LogP contribution in [0.3, 0.4) is 0 Å². The van der Waals surface area contributed by atoms with Gasteiger partial charge in [-0.2, -0.15) is 0 Å². The molecular formula is C19H24O6. The average molecular weight is 348 g/mol. The second-order valence-corrected chi connectivity index (χ2v) is 8.34. The third-order valence-corrected chi connectivity index (χ3v) is 6.55. The Hall–Kier alpha value is -1.66. The van der Waals surface area contributed by atoms with E-state index >= 15 is 0 Å². The van der Waals surface area contributed by atoms with Gasteiger partial charge in [0.15, 0.2) is 5.60 Å². The zero-order valence-electron chi connectivity index (χ0n) is 15.0. The molecule has 7 atom stereocenters. The molecule has 136 valence electrons. The van der Waals surface area contributed by atoms with Crippen LogP contribution in [0.1, 0.15) is 40.5 Å². The van der Waals surface area contributed by atoms with Crippen LogP contribution in [0, 0.1) is 17.3 Å². The number of fused-ring (bicyclic) bond motifs is 2. The smallest absolute Gasteiger partial charge is 0.318 e. The number of ether oxygens (including phenoxy) is 3. The van der Waals surface area contributed by atoms with Gasteiger partial charge in [0.05, 0.1) is 6.10 Å². The van der Waals surface area contributed by atoms with Crippen molar-refractivity contribution in [2.75, 3.05) is 0 Å². The first-order valence-electron chi connectivity index (χ1n) is 8.75. The van der Waals surface area contributed by atoms with Crippen LogP contribution in [0.2, 0.25) is 0 Å². The fourth-order valence-corrected chi connectivity index (χ4v) is 4.99. The topological polar surface area (TPSA) is 82.1 Å². The third-order valence-electron chi connectivity index (χ3n) is 6.55. The van der Waals surface area contributed by atoms with Crippen molar-refractivity contribution < 1.29 is 28.9 Å². The van der Waals surface area contributed by atoms with E-state index in [0.717, 1.165) is 0 Å². The van der Waals surface area contributed by atoms with E-state index in [4.69, 9.17) is 14.2 Å². The molecular weight excluding hydrogens is 324 g/mol. The highest BCUT2D eigenvalue weighted by Gasteiger charge is 2.74. The molecule has 0 amide bonds. The minimum absolute atomic E-state index is 0.0665. The Bertz CT molecular complexity index is 725. The van der Waals surface area contributed by atoms with E-state index in [1.165, 1.54) is 0 Å². The van der Waals surface area contributed by atoms with E-state index < -0.39 is 35.0 Å². The third kappa shape index (κ3) is 1.87. The number of esters is 1. The van der Waals surface area contributed by atoms with Crippen LogP contribution in [0.5, 0.6) is 0 Å². The summed E-state index contributed by atoms with van der Waals surface area (Å²) in [6, 6.07) is 0. The molecule has 6 heteroatoms. The summed E-state index contributed by atoms with van der Waals surface area (Å²) in [5, 5.41) is 11.2. The molecule has 4 rings (SSSR count). The summed E-state index contributed by atoms with van der Waals surface area (Å²) in [7, 11) is 0.